The Bertz CT molecular complexity index is 156. The first-order valence-corrected chi connectivity index (χ1v) is 6.01. The van der Waals surface area contributed by atoms with Crippen molar-refractivity contribution in [2.75, 3.05) is 11.5 Å². The number of thioether (sulfide) groups is 1. The number of hydrogen-bond acceptors (Lipinski definition) is 2. The van der Waals surface area contributed by atoms with Crippen molar-refractivity contribution < 1.29 is 4.79 Å². The van der Waals surface area contributed by atoms with Gasteiger partial charge >= 0.3 is 0 Å². The molecular weight excluding hydrogens is 168 g/mol. The third kappa shape index (κ3) is 2.51. The van der Waals surface area contributed by atoms with Gasteiger partial charge in [-0.1, -0.05) is 13.8 Å². The van der Waals surface area contributed by atoms with Gasteiger partial charge in [-0.3, -0.25) is 4.79 Å². The third-order valence-corrected chi connectivity index (χ3v) is 3.75. The van der Waals surface area contributed by atoms with E-state index in [-0.39, 0.29) is 0 Å². The Hall–Kier alpha value is 0.0200. The second kappa shape index (κ2) is 4.90. The van der Waals surface area contributed by atoms with Gasteiger partial charge in [0, 0.05) is 12.3 Å². The highest BCUT2D eigenvalue weighted by molar-refractivity contribution is 7.99. The van der Waals surface area contributed by atoms with Crippen LogP contribution >= 0.6 is 11.8 Å². The number of carbonyl (C=O) groups is 1. The standard InChI is InChI=1S/C10H18OS/c1-3-12-7-6-9-4-5-10(11)8(9)2/h8-9H,3-7H2,1-2H3. The van der Waals surface area contributed by atoms with Crippen LogP contribution in [-0.4, -0.2) is 17.3 Å². The van der Waals surface area contributed by atoms with Gasteiger partial charge in [-0.25, -0.2) is 0 Å². The van der Waals surface area contributed by atoms with E-state index in [0.717, 1.165) is 12.8 Å². The molecule has 0 spiro atoms. The van der Waals surface area contributed by atoms with Crippen LogP contribution in [0.25, 0.3) is 0 Å². The van der Waals surface area contributed by atoms with Gasteiger partial charge in [0.2, 0.25) is 0 Å². The number of ketones is 1. The monoisotopic (exact) mass is 186 g/mol. The van der Waals surface area contributed by atoms with Crippen LogP contribution in [0.4, 0.5) is 0 Å². The Kier molecular flexibility index (Phi) is 4.13. The molecule has 0 aromatic rings. The van der Waals surface area contributed by atoms with Crippen LogP contribution in [0.1, 0.15) is 33.1 Å². The van der Waals surface area contributed by atoms with Crippen molar-refractivity contribution in [3.05, 3.63) is 0 Å². The molecule has 0 aromatic carbocycles. The minimum absolute atomic E-state index is 0.349. The molecule has 2 heteroatoms. The fourth-order valence-corrected chi connectivity index (χ4v) is 2.60. The van der Waals surface area contributed by atoms with Gasteiger partial charge in [0.25, 0.3) is 0 Å². The van der Waals surface area contributed by atoms with Gasteiger partial charge < -0.3 is 0 Å². The van der Waals surface area contributed by atoms with Crippen molar-refractivity contribution in [2.45, 2.75) is 33.1 Å². The average Bonchev–Trinajstić information content (AvgIpc) is 2.36. The molecule has 1 aliphatic carbocycles. The van der Waals surface area contributed by atoms with Gasteiger partial charge in [0.1, 0.15) is 5.78 Å². The van der Waals surface area contributed by atoms with E-state index in [4.69, 9.17) is 0 Å². The summed E-state index contributed by atoms with van der Waals surface area (Å²) in [6.07, 6.45) is 3.22. The zero-order chi connectivity index (χ0) is 8.97. The number of hydrogen-bond donors (Lipinski definition) is 0. The van der Waals surface area contributed by atoms with Crippen molar-refractivity contribution in [2.24, 2.45) is 11.8 Å². The fraction of sp³-hybridized carbons (Fsp3) is 0.900. The second-order valence-electron chi connectivity index (χ2n) is 3.54. The average molecular weight is 186 g/mol. The quantitative estimate of drug-likeness (QED) is 0.628. The summed E-state index contributed by atoms with van der Waals surface area (Å²) in [5.41, 5.74) is 0. The first kappa shape index (κ1) is 10.1. The molecule has 1 nitrogen and oxygen atoms in total. The SMILES string of the molecule is CCSCCC1CCC(=O)C1C. The Labute approximate surface area is 79.3 Å². The smallest absolute Gasteiger partial charge is 0.135 e. The van der Waals surface area contributed by atoms with E-state index in [1.165, 1.54) is 17.9 Å². The van der Waals surface area contributed by atoms with Crippen molar-refractivity contribution in [1.82, 2.24) is 0 Å². The maximum absolute atomic E-state index is 11.2. The molecule has 12 heavy (non-hydrogen) atoms. The van der Waals surface area contributed by atoms with Crippen molar-refractivity contribution in [3.63, 3.8) is 0 Å². The molecule has 1 rings (SSSR count). The molecule has 0 radical (unpaired) electrons. The van der Waals surface area contributed by atoms with Gasteiger partial charge in [-0.2, -0.15) is 11.8 Å². The van der Waals surface area contributed by atoms with Crippen LogP contribution in [-0.2, 0) is 4.79 Å². The lowest BCUT2D eigenvalue weighted by Crippen LogP contribution is -2.11. The van der Waals surface area contributed by atoms with Crippen LogP contribution in [0, 0.1) is 11.8 Å². The lowest BCUT2D eigenvalue weighted by Gasteiger charge is -2.12. The summed E-state index contributed by atoms with van der Waals surface area (Å²) in [5, 5.41) is 0. The first-order valence-electron chi connectivity index (χ1n) is 4.86. The van der Waals surface area contributed by atoms with E-state index in [0.29, 0.717) is 17.6 Å². The predicted molar refractivity (Wildman–Crippen MR) is 54.5 cm³/mol. The topological polar surface area (TPSA) is 17.1 Å². The zero-order valence-corrected chi connectivity index (χ0v) is 8.82. The van der Waals surface area contributed by atoms with Gasteiger partial charge in [0.15, 0.2) is 0 Å². The lowest BCUT2D eigenvalue weighted by molar-refractivity contribution is -0.120. The summed E-state index contributed by atoms with van der Waals surface area (Å²) < 4.78 is 0. The maximum atomic E-state index is 11.2. The number of Topliss-reactive ketones (excluding diaryl/α,β-unsaturated/α-hetero) is 1. The Morgan fingerprint density at radius 2 is 2.33 bits per heavy atom. The van der Waals surface area contributed by atoms with Gasteiger partial charge in [-0.15, -0.1) is 0 Å². The molecule has 0 bridgehead atoms. The largest absolute Gasteiger partial charge is 0.299 e. The molecular formula is C10H18OS. The highest BCUT2D eigenvalue weighted by Gasteiger charge is 2.29. The summed E-state index contributed by atoms with van der Waals surface area (Å²) in [6.45, 7) is 4.28. The fourth-order valence-electron chi connectivity index (χ4n) is 1.84. The first-order chi connectivity index (χ1) is 5.75. The Morgan fingerprint density at radius 3 is 2.83 bits per heavy atom. The molecule has 2 unspecified atom stereocenters. The minimum Gasteiger partial charge on any atom is -0.299 e. The molecule has 0 aliphatic heterocycles. The second-order valence-corrected chi connectivity index (χ2v) is 4.93. The van der Waals surface area contributed by atoms with E-state index in [2.05, 4.69) is 13.8 Å². The molecule has 0 heterocycles. The normalized spacial score (nSPS) is 29.7. The van der Waals surface area contributed by atoms with E-state index in [1.54, 1.807) is 0 Å². The van der Waals surface area contributed by atoms with Crippen LogP contribution in [0.3, 0.4) is 0 Å². The molecule has 70 valence electrons. The van der Waals surface area contributed by atoms with E-state index < -0.39 is 0 Å². The van der Waals surface area contributed by atoms with Crippen LogP contribution in [0.2, 0.25) is 0 Å². The molecule has 1 saturated carbocycles. The molecule has 2 atom stereocenters. The summed E-state index contributed by atoms with van der Waals surface area (Å²) in [4.78, 5) is 11.2. The van der Waals surface area contributed by atoms with Gasteiger partial charge in [-0.05, 0) is 30.3 Å². The number of carbonyl (C=O) groups excluding carboxylic acids is 1. The van der Waals surface area contributed by atoms with E-state index >= 15 is 0 Å². The summed E-state index contributed by atoms with van der Waals surface area (Å²) >= 11 is 1.99. The van der Waals surface area contributed by atoms with Crippen molar-refractivity contribution >= 4 is 17.5 Å². The van der Waals surface area contributed by atoms with Crippen LogP contribution in [0.5, 0.6) is 0 Å². The number of rotatable bonds is 4. The Balaban J connectivity index is 2.20. The molecule has 1 fully saturated rings. The minimum atomic E-state index is 0.349. The van der Waals surface area contributed by atoms with Crippen LogP contribution in [0.15, 0.2) is 0 Å². The Morgan fingerprint density at radius 1 is 1.58 bits per heavy atom. The predicted octanol–water partition coefficient (Wildman–Crippen LogP) is 2.74. The van der Waals surface area contributed by atoms with Crippen molar-refractivity contribution in [3.8, 4) is 0 Å². The zero-order valence-electron chi connectivity index (χ0n) is 8.01. The molecule has 1 aliphatic rings. The molecule has 0 N–H and O–H groups in total. The van der Waals surface area contributed by atoms with E-state index in [1.807, 2.05) is 11.8 Å². The molecule has 0 aromatic heterocycles. The molecule has 0 saturated heterocycles. The van der Waals surface area contributed by atoms with Crippen LogP contribution < -0.4 is 0 Å². The van der Waals surface area contributed by atoms with Gasteiger partial charge in [0.05, 0.1) is 0 Å². The van der Waals surface area contributed by atoms with Crippen molar-refractivity contribution in [1.29, 1.82) is 0 Å². The summed E-state index contributed by atoms with van der Waals surface area (Å²) in [7, 11) is 0. The third-order valence-electron chi connectivity index (χ3n) is 2.81. The van der Waals surface area contributed by atoms with E-state index in [9.17, 15) is 4.79 Å². The lowest BCUT2D eigenvalue weighted by atomic mass is 9.95. The summed E-state index contributed by atoms with van der Waals surface area (Å²) in [6, 6.07) is 0. The highest BCUT2D eigenvalue weighted by Crippen LogP contribution is 2.31. The molecule has 0 amide bonds. The maximum Gasteiger partial charge on any atom is 0.135 e. The highest BCUT2D eigenvalue weighted by atomic mass is 32.2. The summed E-state index contributed by atoms with van der Waals surface area (Å²) in [5.74, 6) is 3.97.